The summed E-state index contributed by atoms with van der Waals surface area (Å²) in [6.45, 7) is 8.35. The highest BCUT2D eigenvalue weighted by atomic mass is 16.5. The van der Waals surface area contributed by atoms with Crippen LogP contribution in [0.15, 0.2) is 4.52 Å². The lowest BCUT2D eigenvalue weighted by molar-refractivity contribution is 0.0705. The predicted octanol–water partition coefficient (Wildman–Crippen LogP) is 1.23. The zero-order chi connectivity index (χ0) is 13.8. The number of hydrogen-bond acceptors (Lipinski definition) is 5. The Morgan fingerprint density at radius 2 is 2.37 bits per heavy atom. The van der Waals surface area contributed by atoms with Crippen molar-refractivity contribution in [3.8, 4) is 0 Å². The number of hydrogen-bond donors (Lipinski definition) is 1. The lowest BCUT2D eigenvalue weighted by Crippen LogP contribution is -2.43. The van der Waals surface area contributed by atoms with Crippen LogP contribution in [-0.4, -0.2) is 46.6 Å². The van der Waals surface area contributed by atoms with E-state index in [4.69, 9.17) is 4.52 Å². The van der Waals surface area contributed by atoms with Gasteiger partial charge in [-0.1, -0.05) is 19.0 Å². The summed E-state index contributed by atoms with van der Waals surface area (Å²) in [6, 6.07) is 0.385. The van der Waals surface area contributed by atoms with E-state index < -0.39 is 0 Å². The first-order valence-electron chi connectivity index (χ1n) is 6.89. The van der Waals surface area contributed by atoms with Gasteiger partial charge in [-0.2, -0.15) is 4.98 Å². The number of rotatable bonds is 5. The maximum atomic E-state index is 12.4. The zero-order valence-electron chi connectivity index (χ0n) is 11.8. The molecule has 1 N–H and O–H groups in total. The fraction of sp³-hybridized carbons (Fsp3) is 0.769. The average molecular weight is 266 g/mol. The Morgan fingerprint density at radius 3 is 2.89 bits per heavy atom. The van der Waals surface area contributed by atoms with E-state index >= 15 is 0 Å². The predicted molar refractivity (Wildman–Crippen MR) is 70.8 cm³/mol. The van der Waals surface area contributed by atoms with E-state index in [-0.39, 0.29) is 11.7 Å². The van der Waals surface area contributed by atoms with Gasteiger partial charge >= 0.3 is 0 Å². The minimum atomic E-state index is -0.140. The van der Waals surface area contributed by atoms with Crippen molar-refractivity contribution in [1.82, 2.24) is 20.4 Å². The quantitative estimate of drug-likeness (QED) is 0.868. The number of amides is 1. The molecular weight excluding hydrogens is 244 g/mol. The summed E-state index contributed by atoms with van der Waals surface area (Å²) in [5, 5.41) is 7.13. The van der Waals surface area contributed by atoms with Crippen molar-refractivity contribution < 1.29 is 9.32 Å². The molecule has 1 aliphatic heterocycles. The van der Waals surface area contributed by atoms with Gasteiger partial charge in [0.1, 0.15) is 0 Å². The van der Waals surface area contributed by atoms with Gasteiger partial charge < -0.3 is 14.7 Å². The summed E-state index contributed by atoms with van der Waals surface area (Å²) < 4.78 is 4.89. The number of carbonyl (C=O) groups is 1. The zero-order valence-corrected chi connectivity index (χ0v) is 11.8. The molecule has 106 valence electrons. The minimum absolute atomic E-state index is 0.140. The molecule has 0 radical (unpaired) electrons. The van der Waals surface area contributed by atoms with Gasteiger partial charge in [0.2, 0.25) is 5.89 Å². The largest absolute Gasteiger partial charge is 0.339 e. The van der Waals surface area contributed by atoms with Crippen LogP contribution in [0.3, 0.4) is 0 Å². The molecule has 1 aromatic rings. The molecule has 6 heteroatoms. The van der Waals surface area contributed by atoms with Gasteiger partial charge in [-0.05, 0) is 25.3 Å². The van der Waals surface area contributed by atoms with Crippen LogP contribution in [0, 0.1) is 12.8 Å². The van der Waals surface area contributed by atoms with Crippen molar-refractivity contribution in [3.05, 3.63) is 11.7 Å². The van der Waals surface area contributed by atoms with Crippen LogP contribution in [0.5, 0.6) is 0 Å². The first-order valence-corrected chi connectivity index (χ1v) is 6.89. The first kappa shape index (κ1) is 14.0. The highest BCUT2D eigenvalue weighted by Gasteiger charge is 2.25. The number of nitrogens with zero attached hydrogens (tertiary/aromatic N) is 3. The van der Waals surface area contributed by atoms with Gasteiger partial charge in [0.15, 0.2) is 0 Å². The lowest BCUT2D eigenvalue weighted by atomic mass is 10.1. The van der Waals surface area contributed by atoms with Crippen LogP contribution >= 0.6 is 0 Å². The van der Waals surface area contributed by atoms with Crippen LogP contribution < -0.4 is 5.32 Å². The van der Waals surface area contributed by atoms with Gasteiger partial charge in [0.25, 0.3) is 11.7 Å². The third-order valence-corrected chi connectivity index (χ3v) is 3.19. The van der Waals surface area contributed by atoms with Crippen molar-refractivity contribution >= 4 is 5.91 Å². The molecule has 1 fully saturated rings. The van der Waals surface area contributed by atoms with E-state index in [1.807, 2.05) is 4.90 Å². The minimum Gasteiger partial charge on any atom is -0.339 e. The van der Waals surface area contributed by atoms with E-state index in [1.165, 1.54) is 6.42 Å². The van der Waals surface area contributed by atoms with Crippen molar-refractivity contribution in [1.29, 1.82) is 0 Å². The van der Waals surface area contributed by atoms with Crippen molar-refractivity contribution in [2.24, 2.45) is 5.92 Å². The summed E-state index contributed by atoms with van der Waals surface area (Å²) in [5.74, 6) is 0.862. The Bertz CT molecular complexity index is 424. The molecule has 2 rings (SSSR count). The van der Waals surface area contributed by atoms with Gasteiger partial charge in [-0.25, -0.2) is 0 Å². The van der Waals surface area contributed by atoms with Crippen molar-refractivity contribution in [3.63, 3.8) is 0 Å². The molecule has 1 saturated heterocycles. The van der Waals surface area contributed by atoms with Gasteiger partial charge in [0, 0.05) is 26.1 Å². The van der Waals surface area contributed by atoms with Gasteiger partial charge in [0.05, 0.1) is 0 Å². The second kappa shape index (κ2) is 6.14. The molecule has 0 saturated carbocycles. The van der Waals surface area contributed by atoms with Gasteiger partial charge in [-0.3, -0.25) is 4.79 Å². The molecule has 2 heterocycles. The van der Waals surface area contributed by atoms with E-state index in [0.717, 1.165) is 13.0 Å². The average Bonchev–Trinajstić information content (AvgIpc) is 2.98. The van der Waals surface area contributed by atoms with Crippen LogP contribution in [0.2, 0.25) is 0 Å². The lowest BCUT2D eigenvalue weighted by Gasteiger charge is -2.26. The second-order valence-corrected chi connectivity index (χ2v) is 5.53. The Kier molecular flexibility index (Phi) is 4.52. The number of nitrogens with one attached hydrogen (secondary N) is 1. The van der Waals surface area contributed by atoms with E-state index in [1.54, 1.807) is 6.92 Å². The molecule has 1 unspecified atom stereocenters. The molecule has 0 spiro atoms. The second-order valence-electron chi connectivity index (χ2n) is 5.53. The number of aryl methyl sites for hydroxylation is 1. The van der Waals surface area contributed by atoms with E-state index in [0.29, 0.717) is 30.9 Å². The van der Waals surface area contributed by atoms with Crippen LogP contribution in [-0.2, 0) is 0 Å². The Labute approximate surface area is 113 Å². The fourth-order valence-electron chi connectivity index (χ4n) is 2.39. The topological polar surface area (TPSA) is 71.3 Å². The molecule has 0 bridgehead atoms. The summed E-state index contributed by atoms with van der Waals surface area (Å²) in [4.78, 5) is 18.2. The molecular formula is C13H22N4O2. The smallest absolute Gasteiger partial charge is 0.295 e. The molecule has 0 aromatic carbocycles. The van der Waals surface area contributed by atoms with Crippen LogP contribution in [0.1, 0.15) is 43.2 Å². The molecule has 1 aliphatic rings. The molecule has 1 aromatic heterocycles. The summed E-state index contributed by atoms with van der Waals surface area (Å²) >= 11 is 0. The standard InChI is InChI=1S/C13H22N4O2/c1-9(2)7-17(8-11-5-4-6-14-11)13(18)12-15-10(3)19-16-12/h9,11,14H,4-8H2,1-3H3. The monoisotopic (exact) mass is 266 g/mol. The first-order chi connectivity index (χ1) is 9.06. The summed E-state index contributed by atoms with van der Waals surface area (Å²) in [5.41, 5.74) is 0. The van der Waals surface area contributed by atoms with E-state index in [2.05, 4.69) is 29.3 Å². The number of aromatic nitrogens is 2. The van der Waals surface area contributed by atoms with Gasteiger partial charge in [-0.15, -0.1) is 0 Å². The normalized spacial score (nSPS) is 19.1. The Hall–Kier alpha value is -1.43. The highest BCUT2D eigenvalue weighted by Crippen LogP contribution is 2.11. The molecule has 1 atom stereocenters. The highest BCUT2D eigenvalue weighted by molar-refractivity contribution is 5.90. The Balaban J connectivity index is 2.05. The molecule has 0 aliphatic carbocycles. The fourth-order valence-corrected chi connectivity index (χ4v) is 2.39. The van der Waals surface area contributed by atoms with Crippen molar-refractivity contribution in [2.75, 3.05) is 19.6 Å². The molecule has 6 nitrogen and oxygen atoms in total. The third-order valence-electron chi connectivity index (χ3n) is 3.19. The summed E-state index contributed by atoms with van der Waals surface area (Å²) in [7, 11) is 0. The maximum absolute atomic E-state index is 12.4. The van der Waals surface area contributed by atoms with E-state index in [9.17, 15) is 4.79 Å². The van der Waals surface area contributed by atoms with Crippen molar-refractivity contribution in [2.45, 2.75) is 39.7 Å². The van der Waals surface area contributed by atoms with Crippen LogP contribution in [0.25, 0.3) is 0 Å². The molecule has 1 amide bonds. The SMILES string of the molecule is Cc1nc(C(=O)N(CC(C)C)CC2CCCN2)no1. The molecule has 19 heavy (non-hydrogen) atoms. The third kappa shape index (κ3) is 3.76. The Morgan fingerprint density at radius 1 is 1.58 bits per heavy atom. The number of carbonyl (C=O) groups excluding carboxylic acids is 1. The maximum Gasteiger partial charge on any atom is 0.295 e. The summed E-state index contributed by atoms with van der Waals surface area (Å²) in [6.07, 6.45) is 2.29. The van der Waals surface area contributed by atoms with Crippen LogP contribution in [0.4, 0.5) is 0 Å².